The molecule has 10 aliphatic carbocycles. The average molecular weight is 859 g/mol. The van der Waals surface area contributed by atoms with E-state index in [2.05, 4.69) is 13.0 Å². The Morgan fingerprint density at radius 3 is 2.05 bits per heavy atom. The highest BCUT2D eigenvalue weighted by Crippen LogP contribution is 2.62. The van der Waals surface area contributed by atoms with Gasteiger partial charge >= 0.3 is 23.9 Å². The number of imide groups is 1. The lowest BCUT2D eigenvalue weighted by atomic mass is 9.49. The lowest BCUT2D eigenvalue weighted by Gasteiger charge is -2.60. The van der Waals surface area contributed by atoms with E-state index in [1.54, 1.807) is 13.8 Å². The predicted molar refractivity (Wildman–Crippen MR) is 218 cm³/mol. The van der Waals surface area contributed by atoms with Crippen LogP contribution >= 0.6 is 0 Å². The number of carbonyl (C=O) groups is 6. The van der Waals surface area contributed by atoms with E-state index in [1.807, 2.05) is 6.92 Å². The molecule has 62 heavy (non-hydrogen) atoms. The van der Waals surface area contributed by atoms with Crippen LogP contribution in [-0.4, -0.2) is 82.3 Å². The Labute approximate surface area is 365 Å². The van der Waals surface area contributed by atoms with Crippen LogP contribution in [0.1, 0.15) is 130 Å². The van der Waals surface area contributed by atoms with Gasteiger partial charge in [-0.2, -0.15) is 5.26 Å². The van der Waals surface area contributed by atoms with Gasteiger partial charge in [0.05, 0.1) is 52.6 Å². The highest BCUT2D eigenvalue weighted by atomic mass is 16.6. The molecular formula is C49H66N2O11. The monoisotopic (exact) mass is 858 g/mol. The highest BCUT2D eigenvalue weighted by Gasteiger charge is 2.65. The fourth-order valence-corrected chi connectivity index (χ4v) is 16.5. The number of nitrogens with zero attached hydrogens (tertiary/aromatic N) is 2. The molecule has 10 saturated carbocycles. The summed E-state index contributed by atoms with van der Waals surface area (Å²) in [4.78, 5) is 86.7. The predicted octanol–water partition coefficient (Wildman–Crippen LogP) is 5.93. The zero-order chi connectivity index (χ0) is 43.8. The van der Waals surface area contributed by atoms with Crippen molar-refractivity contribution in [1.29, 1.82) is 5.26 Å². The number of ether oxygens (including phenoxy) is 4. The molecule has 0 radical (unpaired) electrons. The quantitative estimate of drug-likeness (QED) is 0.124. The molecule has 12 atom stereocenters. The van der Waals surface area contributed by atoms with Gasteiger partial charge in [0.2, 0.25) is 11.8 Å². The second kappa shape index (κ2) is 15.0. The number of fused-ring (bicyclic) bond motifs is 1. The molecule has 1 N–H and O–H groups in total. The molecule has 0 spiro atoms. The molecule has 12 rings (SSSR count). The first kappa shape index (κ1) is 42.4. The van der Waals surface area contributed by atoms with E-state index in [0.29, 0.717) is 49.9 Å². The molecule has 338 valence electrons. The molecule has 2 aliphatic heterocycles. The SMILES string of the molecule is CCC(CC(CC(C(=O)OC1C2CC3CC1CC(O)(C3)C2)C1C(=O)N(C)C(=O)C1C(C)(C)C#N)C(=O)OC1(CC)C2CC3CC(C2)CC1C3)C(=O)OC1C2CC3C(=O)OC1C3C2. The molecule has 12 unspecified atom stereocenters. The lowest BCUT2D eigenvalue weighted by Crippen LogP contribution is -2.60. The maximum absolute atomic E-state index is 15.3. The number of carbonyl (C=O) groups excluding carboxylic acids is 6. The molecule has 0 aromatic carbocycles. The smallest absolute Gasteiger partial charge is 0.310 e. The number of nitriles is 1. The Bertz CT molecular complexity index is 1910. The zero-order valence-corrected chi connectivity index (χ0v) is 37.1. The van der Waals surface area contributed by atoms with Gasteiger partial charge in [-0.15, -0.1) is 0 Å². The molecule has 12 fully saturated rings. The van der Waals surface area contributed by atoms with Crippen molar-refractivity contribution in [3.8, 4) is 6.07 Å². The van der Waals surface area contributed by atoms with Crippen molar-refractivity contribution in [1.82, 2.24) is 4.90 Å². The first-order valence-electron chi connectivity index (χ1n) is 24.3. The number of esters is 4. The molecule has 12 aliphatic rings. The molecule has 13 heteroatoms. The lowest BCUT2D eigenvalue weighted by molar-refractivity contribution is -0.216. The first-order chi connectivity index (χ1) is 29.5. The van der Waals surface area contributed by atoms with Gasteiger partial charge < -0.3 is 24.1 Å². The third kappa shape index (κ3) is 6.58. The van der Waals surface area contributed by atoms with Crippen LogP contribution in [0, 0.1) is 106 Å². The van der Waals surface area contributed by atoms with E-state index in [4.69, 9.17) is 18.9 Å². The van der Waals surface area contributed by atoms with E-state index in [0.717, 1.165) is 56.3 Å². The topological polar surface area (TPSA) is 187 Å². The fourth-order valence-electron chi connectivity index (χ4n) is 16.5. The van der Waals surface area contributed by atoms with E-state index in [9.17, 15) is 29.5 Å². The number of likely N-dealkylation sites (tertiary alicyclic amines) is 1. The minimum Gasteiger partial charge on any atom is -0.462 e. The average Bonchev–Trinajstić information content (AvgIpc) is 3.92. The fraction of sp³-hybridized carbons (Fsp3) is 0.857. The van der Waals surface area contributed by atoms with E-state index in [-0.39, 0.29) is 60.2 Å². The summed E-state index contributed by atoms with van der Waals surface area (Å²) in [6.07, 6.45) is 9.31. The molecule has 2 heterocycles. The first-order valence-corrected chi connectivity index (χ1v) is 24.3. The van der Waals surface area contributed by atoms with Crippen molar-refractivity contribution in [2.24, 2.45) is 94.2 Å². The Hall–Kier alpha value is -3.53. The van der Waals surface area contributed by atoms with E-state index >= 15 is 9.59 Å². The number of rotatable bonds is 14. The molecule has 2 amide bonds. The van der Waals surface area contributed by atoms with Crippen molar-refractivity contribution < 1.29 is 52.8 Å². The Morgan fingerprint density at radius 2 is 1.45 bits per heavy atom. The van der Waals surface area contributed by atoms with Crippen molar-refractivity contribution in [2.45, 2.75) is 160 Å². The van der Waals surface area contributed by atoms with Crippen molar-refractivity contribution in [3.05, 3.63) is 0 Å². The highest BCUT2D eigenvalue weighted by molar-refractivity contribution is 6.07. The second-order valence-corrected chi connectivity index (χ2v) is 22.9. The summed E-state index contributed by atoms with van der Waals surface area (Å²) in [6.45, 7) is 7.14. The summed E-state index contributed by atoms with van der Waals surface area (Å²) in [5.41, 5.74) is -2.81. The van der Waals surface area contributed by atoms with E-state index < -0.39 is 94.2 Å². The number of amides is 2. The van der Waals surface area contributed by atoms with Crippen molar-refractivity contribution in [3.63, 3.8) is 0 Å². The maximum Gasteiger partial charge on any atom is 0.310 e. The Kier molecular flexibility index (Phi) is 10.3. The van der Waals surface area contributed by atoms with Crippen LogP contribution in [0.15, 0.2) is 0 Å². The van der Waals surface area contributed by atoms with Gasteiger partial charge in [0.25, 0.3) is 0 Å². The van der Waals surface area contributed by atoms with Crippen LogP contribution in [-0.2, 0) is 47.7 Å². The van der Waals surface area contributed by atoms with Crippen molar-refractivity contribution in [2.75, 3.05) is 7.05 Å². The van der Waals surface area contributed by atoms with Gasteiger partial charge in [0.1, 0.15) is 23.9 Å². The molecule has 0 aromatic rings. The number of hydrogen-bond acceptors (Lipinski definition) is 12. The Balaban J connectivity index is 0.985. The van der Waals surface area contributed by atoms with Gasteiger partial charge in [-0.25, -0.2) is 0 Å². The van der Waals surface area contributed by atoms with Crippen LogP contribution < -0.4 is 0 Å². The summed E-state index contributed by atoms with van der Waals surface area (Å²) in [5.74, 6) is -6.87. The van der Waals surface area contributed by atoms with Crippen LogP contribution in [0.25, 0.3) is 0 Å². The molecule has 10 bridgehead atoms. The van der Waals surface area contributed by atoms with Gasteiger partial charge in [-0.05, 0) is 158 Å². The summed E-state index contributed by atoms with van der Waals surface area (Å²) >= 11 is 0. The minimum absolute atomic E-state index is 0.0212. The van der Waals surface area contributed by atoms with E-state index in [1.165, 1.54) is 13.5 Å². The van der Waals surface area contributed by atoms with Crippen molar-refractivity contribution >= 4 is 35.7 Å². The third-order valence-corrected chi connectivity index (χ3v) is 19.1. The zero-order valence-electron chi connectivity index (χ0n) is 37.1. The maximum atomic E-state index is 15.3. The third-order valence-electron chi connectivity index (χ3n) is 19.1. The number of hydrogen-bond donors (Lipinski definition) is 1. The molecule has 2 saturated heterocycles. The molecule has 0 aromatic heterocycles. The van der Waals surface area contributed by atoms with Gasteiger partial charge in [-0.3, -0.25) is 33.7 Å². The minimum atomic E-state index is -1.35. The summed E-state index contributed by atoms with van der Waals surface area (Å²) in [6, 6.07) is 2.23. The standard InChI is InChI=1S/C49H66N2O11/c1-6-26(43(54)60-39-27-16-33-34(17-27)45(56)61-40(33)39)15-28(44(55)62-49(7-2)31-11-23-8-24(13-31)14-32(49)12-23)18-35(36-37(47(3,4)22-50)42(53)51(5)41(36)52)46(57)59-38-29-9-25-10-30(38)21-48(58,19-25)20-29/h23-40,58H,6-21H2,1-5H3. The van der Waals surface area contributed by atoms with Gasteiger partial charge in [0.15, 0.2) is 0 Å². The normalized spacial score (nSPS) is 45.5. The van der Waals surface area contributed by atoms with Crippen LogP contribution in [0.5, 0.6) is 0 Å². The molecular weight excluding hydrogens is 793 g/mol. The Morgan fingerprint density at radius 1 is 0.806 bits per heavy atom. The second-order valence-electron chi connectivity index (χ2n) is 22.9. The van der Waals surface area contributed by atoms with Gasteiger partial charge in [0, 0.05) is 18.9 Å². The largest absolute Gasteiger partial charge is 0.462 e. The van der Waals surface area contributed by atoms with Crippen LogP contribution in [0.2, 0.25) is 0 Å². The summed E-state index contributed by atoms with van der Waals surface area (Å²) in [7, 11) is 1.37. The summed E-state index contributed by atoms with van der Waals surface area (Å²) < 4.78 is 25.4. The van der Waals surface area contributed by atoms with Crippen LogP contribution in [0.3, 0.4) is 0 Å². The molecule has 13 nitrogen and oxygen atoms in total. The van der Waals surface area contributed by atoms with Crippen LogP contribution in [0.4, 0.5) is 0 Å². The summed E-state index contributed by atoms with van der Waals surface area (Å²) in [5, 5.41) is 21.8. The van der Waals surface area contributed by atoms with Gasteiger partial charge in [-0.1, -0.05) is 13.8 Å². The number of aliphatic hydroxyl groups is 1.